The number of aryl methyl sites for hydroxylation is 1. The topological polar surface area (TPSA) is 58.3 Å². The van der Waals surface area contributed by atoms with E-state index < -0.39 is 0 Å². The van der Waals surface area contributed by atoms with Crippen molar-refractivity contribution in [1.29, 1.82) is 0 Å². The molecule has 1 saturated heterocycles. The Balaban J connectivity index is 1.73. The van der Waals surface area contributed by atoms with Crippen LogP contribution < -0.4 is 15.5 Å². The van der Waals surface area contributed by atoms with Gasteiger partial charge in [-0.05, 0) is 25.1 Å². The second kappa shape index (κ2) is 6.10. The van der Waals surface area contributed by atoms with Crippen molar-refractivity contribution in [3.63, 3.8) is 0 Å². The van der Waals surface area contributed by atoms with Crippen LogP contribution in [0.4, 0.5) is 11.6 Å². The monoisotopic (exact) mass is 283 g/mol. The summed E-state index contributed by atoms with van der Waals surface area (Å²) in [6, 6.07) is 10.2. The molecule has 0 spiro atoms. The minimum absolute atomic E-state index is 0.531. The van der Waals surface area contributed by atoms with Gasteiger partial charge in [0.15, 0.2) is 0 Å². The summed E-state index contributed by atoms with van der Waals surface area (Å²) in [7, 11) is 0. The molecular weight excluding hydrogens is 262 g/mol. The fourth-order valence-corrected chi connectivity index (χ4v) is 2.69. The molecule has 5 heteroatoms. The molecule has 1 aliphatic heterocycles. The number of anilines is 2. The van der Waals surface area contributed by atoms with Gasteiger partial charge in [0.1, 0.15) is 11.6 Å². The molecule has 0 radical (unpaired) electrons. The predicted molar refractivity (Wildman–Crippen MR) is 85.5 cm³/mol. The van der Waals surface area contributed by atoms with Crippen LogP contribution in [0.25, 0.3) is 0 Å². The molecule has 2 aromatic heterocycles. The van der Waals surface area contributed by atoms with E-state index >= 15 is 0 Å². The van der Waals surface area contributed by atoms with E-state index in [1.165, 1.54) is 0 Å². The number of nitrogens with zero attached hydrogens (tertiary/aromatic N) is 4. The standard InChI is InChI=1S/C16H21N5/c1-13-5-6-14(12-17)16(19-13)21-10-8-20(9-11-21)15-4-2-3-7-18-15/h2-7H,8-12,17H2,1H3. The fraction of sp³-hybridized carbons (Fsp3) is 0.375. The molecule has 110 valence electrons. The van der Waals surface area contributed by atoms with Crippen LogP contribution in [0, 0.1) is 6.92 Å². The van der Waals surface area contributed by atoms with E-state index in [1.54, 1.807) is 0 Å². The molecule has 0 bridgehead atoms. The lowest BCUT2D eigenvalue weighted by Gasteiger charge is -2.36. The summed E-state index contributed by atoms with van der Waals surface area (Å²) in [5.41, 5.74) is 7.99. The van der Waals surface area contributed by atoms with Gasteiger partial charge in [0, 0.05) is 50.2 Å². The quantitative estimate of drug-likeness (QED) is 0.926. The zero-order valence-electron chi connectivity index (χ0n) is 12.4. The molecule has 5 nitrogen and oxygen atoms in total. The molecule has 0 atom stereocenters. The summed E-state index contributed by atoms with van der Waals surface area (Å²) in [4.78, 5) is 13.7. The number of pyridine rings is 2. The highest BCUT2D eigenvalue weighted by Crippen LogP contribution is 2.21. The van der Waals surface area contributed by atoms with E-state index in [2.05, 4.69) is 31.9 Å². The van der Waals surface area contributed by atoms with Gasteiger partial charge in [0.05, 0.1) is 0 Å². The molecule has 3 heterocycles. The highest BCUT2D eigenvalue weighted by atomic mass is 15.3. The molecule has 0 amide bonds. The van der Waals surface area contributed by atoms with Crippen LogP contribution >= 0.6 is 0 Å². The fourth-order valence-electron chi connectivity index (χ4n) is 2.69. The Morgan fingerprint density at radius 3 is 2.48 bits per heavy atom. The number of aromatic nitrogens is 2. The van der Waals surface area contributed by atoms with Gasteiger partial charge in [-0.1, -0.05) is 12.1 Å². The maximum absolute atomic E-state index is 5.84. The van der Waals surface area contributed by atoms with Crippen LogP contribution in [0.2, 0.25) is 0 Å². The number of nitrogens with two attached hydrogens (primary N) is 1. The van der Waals surface area contributed by atoms with Crippen LogP contribution in [0.5, 0.6) is 0 Å². The van der Waals surface area contributed by atoms with Crippen LogP contribution in [0.1, 0.15) is 11.3 Å². The van der Waals surface area contributed by atoms with E-state index in [0.717, 1.165) is 49.1 Å². The van der Waals surface area contributed by atoms with Crippen molar-refractivity contribution >= 4 is 11.6 Å². The summed E-state index contributed by atoms with van der Waals surface area (Å²) >= 11 is 0. The predicted octanol–water partition coefficient (Wildman–Crippen LogP) is 1.57. The van der Waals surface area contributed by atoms with Gasteiger partial charge in [-0.15, -0.1) is 0 Å². The lowest BCUT2D eigenvalue weighted by Crippen LogP contribution is -2.47. The molecule has 0 aromatic carbocycles. The third-order valence-corrected chi connectivity index (χ3v) is 3.87. The van der Waals surface area contributed by atoms with Gasteiger partial charge in [0.2, 0.25) is 0 Å². The van der Waals surface area contributed by atoms with Gasteiger partial charge in [0.25, 0.3) is 0 Å². The van der Waals surface area contributed by atoms with Crippen molar-refractivity contribution in [3.8, 4) is 0 Å². The van der Waals surface area contributed by atoms with Crippen molar-refractivity contribution in [2.24, 2.45) is 5.73 Å². The SMILES string of the molecule is Cc1ccc(CN)c(N2CCN(c3ccccn3)CC2)n1. The minimum atomic E-state index is 0.531. The molecular formula is C16H21N5. The van der Waals surface area contributed by atoms with Gasteiger partial charge < -0.3 is 15.5 Å². The summed E-state index contributed by atoms with van der Waals surface area (Å²) in [6.07, 6.45) is 1.84. The molecule has 2 N–H and O–H groups in total. The van der Waals surface area contributed by atoms with E-state index in [1.807, 2.05) is 31.3 Å². The highest BCUT2D eigenvalue weighted by molar-refractivity contribution is 5.50. The smallest absolute Gasteiger partial charge is 0.133 e. The Morgan fingerprint density at radius 1 is 1.05 bits per heavy atom. The Bertz CT molecular complexity index is 591. The third-order valence-electron chi connectivity index (χ3n) is 3.87. The maximum Gasteiger partial charge on any atom is 0.133 e. The van der Waals surface area contributed by atoms with Crippen LogP contribution in [0.3, 0.4) is 0 Å². The molecule has 2 aromatic rings. The van der Waals surface area contributed by atoms with Crippen molar-refractivity contribution in [2.45, 2.75) is 13.5 Å². The van der Waals surface area contributed by atoms with Gasteiger partial charge in [-0.3, -0.25) is 0 Å². The number of piperazine rings is 1. The number of rotatable bonds is 3. The summed E-state index contributed by atoms with van der Waals surface area (Å²) in [5.74, 6) is 2.09. The van der Waals surface area contributed by atoms with Gasteiger partial charge >= 0.3 is 0 Å². The van der Waals surface area contributed by atoms with E-state index in [9.17, 15) is 0 Å². The lowest BCUT2D eigenvalue weighted by atomic mass is 10.2. The second-order valence-electron chi connectivity index (χ2n) is 5.30. The first kappa shape index (κ1) is 13.8. The van der Waals surface area contributed by atoms with Crippen LogP contribution in [-0.2, 0) is 6.54 Å². The third kappa shape index (κ3) is 2.97. The molecule has 1 fully saturated rings. The Morgan fingerprint density at radius 2 is 1.81 bits per heavy atom. The molecule has 3 rings (SSSR count). The lowest BCUT2D eigenvalue weighted by molar-refractivity contribution is 0.638. The van der Waals surface area contributed by atoms with E-state index in [0.29, 0.717) is 6.54 Å². The zero-order valence-corrected chi connectivity index (χ0v) is 12.4. The van der Waals surface area contributed by atoms with E-state index in [-0.39, 0.29) is 0 Å². The van der Waals surface area contributed by atoms with Crippen LogP contribution in [0.15, 0.2) is 36.5 Å². The second-order valence-corrected chi connectivity index (χ2v) is 5.30. The van der Waals surface area contributed by atoms with Crippen molar-refractivity contribution in [2.75, 3.05) is 36.0 Å². The first-order valence-corrected chi connectivity index (χ1v) is 7.35. The zero-order chi connectivity index (χ0) is 14.7. The average molecular weight is 283 g/mol. The Kier molecular flexibility index (Phi) is 4.01. The van der Waals surface area contributed by atoms with Gasteiger partial charge in [-0.2, -0.15) is 0 Å². The normalized spacial score (nSPS) is 15.3. The first-order chi connectivity index (χ1) is 10.3. The van der Waals surface area contributed by atoms with Crippen LogP contribution in [-0.4, -0.2) is 36.1 Å². The Labute approximate surface area is 125 Å². The largest absolute Gasteiger partial charge is 0.353 e. The maximum atomic E-state index is 5.84. The highest BCUT2D eigenvalue weighted by Gasteiger charge is 2.20. The summed E-state index contributed by atoms with van der Waals surface area (Å²) < 4.78 is 0. The molecule has 1 aliphatic rings. The van der Waals surface area contributed by atoms with E-state index in [4.69, 9.17) is 5.73 Å². The summed E-state index contributed by atoms with van der Waals surface area (Å²) in [5, 5.41) is 0. The number of hydrogen-bond acceptors (Lipinski definition) is 5. The number of hydrogen-bond donors (Lipinski definition) is 1. The minimum Gasteiger partial charge on any atom is -0.353 e. The summed E-state index contributed by atoms with van der Waals surface area (Å²) in [6.45, 7) is 6.35. The molecule has 0 unspecified atom stereocenters. The van der Waals surface area contributed by atoms with Gasteiger partial charge in [-0.25, -0.2) is 9.97 Å². The first-order valence-electron chi connectivity index (χ1n) is 7.35. The van der Waals surface area contributed by atoms with Crippen molar-refractivity contribution in [1.82, 2.24) is 9.97 Å². The molecule has 0 saturated carbocycles. The molecule has 21 heavy (non-hydrogen) atoms. The Hall–Kier alpha value is -2.14. The molecule has 0 aliphatic carbocycles. The van der Waals surface area contributed by atoms with Crippen molar-refractivity contribution in [3.05, 3.63) is 47.8 Å². The van der Waals surface area contributed by atoms with Crippen molar-refractivity contribution < 1.29 is 0 Å². The average Bonchev–Trinajstić information content (AvgIpc) is 2.56.